The molecule has 0 unspecified atom stereocenters. The van der Waals surface area contributed by atoms with Crippen LogP contribution >= 0.6 is 0 Å². The lowest BCUT2D eigenvalue weighted by Gasteiger charge is -2.04. The minimum Gasteiger partial charge on any atom is -0.444 e. The summed E-state index contributed by atoms with van der Waals surface area (Å²) < 4.78 is 9.51. The zero-order valence-corrected chi connectivity index (χ0v) is 13.3. The van der Waals surface area contributed by atoms with Crippen molar-refractivity contribution in [1.29, 1.82) is 0 Å². The molecule has 0 atom stereocenters. The van der Waals surface area contributed by atoms with Crippen molar-refractivity contribution < 1.29 is 4.42 Å². The summed E-state index contributed by atoms with van der Waals surface area (Å²) in [5.74, 6) is 1.41. The summed E-state index contributed by atoms with van der Waals surface area (Å²) in [6.45, 7) is 0.814. The van der Waals surface area contributed by atoms with Crippen LogP contribution in [0.2, 0.25) is 0 Å². The second kappa shape index (κ2) is 6.16. The van der Waals surface area contributed by atoms with E-state index < -0.39 is 0 Å². The Hall–Kier alpha value is -3.15. The van der Waals surface area contributed by atoms with Crippen LogP contribution in [-0.2, 0) is 20.0 Å². The summed E-state index contributed by atoms with van der Waals surface area (Å²) in [6.07, 6.45) is 10.2. The molecule has 1 aromatic carbocycles. The van der Waals surface area contributed by atoms with Crippen molar-refractivity contribution in [2.45, 2.75) is 13.0 Å². The number of aromatic nitrogens is 5. The smallest absolute Gasteiger partial charge is 0.226 e. The van der Waals surface area contributed by atoms with E-state index >= 15 is 0 Å². The van der Waals surface area contributed by atoms with E-state index in [1.165, 1.54) is 5.56 Å². The number of nitrogens with zero attached hydrogens (tertiary/aromatic N) is 5. The van der Waals surface area contributed by atoms with Gasteiger partial charge in [0.1, 0.15) is 12.0 Å². The van der Waals surface area contributed by atoms with Crippen LogP contribution in [0.3, 0.4) is 0 Å². The first kappa shape index (κ1) is 14.4. The van der Waals surface area contributed by atoms with Gasteiger partial charge in [-0.05, 0) is 24.1 Å². The maximum Gasteiger partial charge on any atom is 0.226 e. The van der Waals surface area contributed by atoms with Crippen molar-refractivity contribution in [3.63, 3.8) is 0 Å². The molecule has 0 amide bonds. The van der Waals surface area contributed by atoms with Gasteiger partial charge < -0.3 is 8.98 Å². The number of hydrogen-bond donors (Lipinski definition) is 0. The molecular weight excluding hydrogens is 302 g/mol. The average molecular weight is 319 g/mol. The zero-order valence-electron chi connectivity index (χ0n) is 13.3. The fourth-order valence-corrected chi connectivity index (χ4v) is 2.66. The Morgan fingerprint density at radius 1 is 1.17 bits per heavy atom. The van der Waals surface area contributed by atoms with Gasteiger partial charge in [-0.15, -0.1) is 0 Å². The molecule has 3 aromatic heterocycles. The molecule has 0 saturated carbocycles. The third kappa shape index (κ3) is 2.86. The van der Waals surface area contributed by atoms with E-state index in [1.807, 2.05) is 60.7 Å². The Bertz CT molecular complexity index is 935. The van der Waals surface area contributed by atoms with Gasteiger partial charge in [-0.25, -0.2) is 9.97 Å². The normalized spacial score (nSPS) is 11.0. The number of aryl methyl sites for hydroxylation is 3. The topological polar surface area (TPSA) is 61.7 Å². The first-order valence-electron chi connectivity index (χ1n) is 7.79. The molecule has 0 aliphatic heterocycles. The minimum atomic E-state index is 0.604. The predicted octanol–water partition coefficient (Wildman–Crippen LogP) is 3.18. The minimum absolute atomic E-state index is 0.604. The fourth-order valence-electron chi connectivity index (χ4n) is 2.66. The highest BCUT2D eigenvalue weighted by Crippen LogP contribution is 2.23. The predicted molar refractivity (Wildman–Crippen MR) is 90.1 cm³/mol. The first-order chi connectivity index (χ1) is 11.8. The van der Waals surface area contributed by atoms with E-state index in [-0.39, 0.29) is 0 Å². The molecule has 0 radical (unpaired) electrons. The Labute approximate surface area is 139 Å². The molecule has 0 aliphatic rings. The van der Waals surface area contributed by atoms with Crippen LogP contribution in [0.1, 0.15) is 5.56 Å². The van der Waals surface area contributed by atoms with Crippen molar-refractivity contribution in [3.8, 4) is 23.0 Å². The molecule has 0 saturated heterocycles. The highest BCUT2D eigenvalue weighted by Gasteiger charge is 2.13. The lowest BCUT2D eigenvalue weighted by atomic mass is 10.2. The second-order valence-corrected chi connectivity index (χ2v) is 5.62. The Morgan fingerprint density at radius 2 is 2.04 bits per heavy atom. The van der Waals surface area contributed by atoms with Crippen LogP contribution in [0.4, 0.5) is 0 Å². The Kier molecular flexibility index (Phi) is 3.70. The zero-order chi connectivity index (χ0) is 16.4. The lowest BCUT2D eigenvalue weighted by Crippen LogP contribution is -2.02. The summed E-state index contributed by atoms with van der Waals surface area (Å²) in [5, 5.41) is 4.20. The van der Waals surface area contributed by atoms with Crippen molar-refractivity contribution in [2.24, 2.45) is 7.05 Å². The van der Waals surface area contributed by atoms with Crippen molar-refractivity contribution in [3.05, 3.63) is 66.9 Å². The van der Waals surface area contributed by atoms with Crippen LogP contribution in [-0.4, -0.2) is 24.3 Å². The van der Waals surface area contributed by atoms with Gasteiger partial charge in [-0.2, -0.15) is 5.10 Å². The lowest BCUT2D eigenvalue weighted by molar-refractivity contribution is 0.574. The first-order valence-corrected chi connectivity index (χ1v) is 7.79. The highest BCUT2D eigenvalue weighted by molar-refractivity contribution is 5.58. The van der Waals surface area contributed by atoms with Crippen LogP contribution in [0.15, 0.2) is 65.8 Å². The number of imidazole rings is 1. The van der Waals surface area contributed by atoms with E-state index in [4.69, 9.17) is 4.42 Å². The molecule has 0 bridgehead atoms. The molecule has 0 aliphatic carbocycles. The van der Waals surface area contributed by atoms with Gasteiger partial charge in [0, 0.05) is 37.7 Å². The van der Waals surface area contributed by atoms with Crippen LogP contribution in [0.5, 0.6) is 0 Å². The van der Waals surface area contributed by atoms with Crippen molar-refractivity contribution in [1.82, 2.24) is 24.3 Å². The number of hydrogen-bond acceptors (Lipinski definition) is 4. The van der Waals surface area contributed by atoms with Crippen LogP contribution in [0.25, 0.3) is 23.0 Å². The van der Waals surface area contributed by atoms with Gasteiger partial charge in [0.2, 0.25) is 5.89 Å². The van der Waals surface area contributed by atoms with Gasteiger partial charge in [0.25, 0.3) is 0 Å². The number of benzene rings is 1. The number of rotatable bonds is 5. The molecule has 4 aromatic rings. The molecule has 4 rings (SSSR count). The van der Waals surface area contributed by atoms with Gasteiger partial charge in [0.05, 0.1) is 6.20 Å². The summed E-state index contributed by atoms with van der Waals surface area (Å²) >= 11 is 0. The largest absolute Gasteiger partial charge is 0.444 e. The summed E-state index contributed by atoms with van der Waals surface area (Å²) in [7, 11) is 1.92. The molecule has 0 spiro atoms. The SMILES string of the molecule is Cn1cc(CCn2ccnc2-c2coc(-c3ccccc3)n2)cn1. The summed E-state index contributed by atoms with van der Waals surface area (Å²) in [4.78, 5) is 9.01. The van der Waals surface area contributed by atoms with Gasteiger partial charge in [0.15, 0.2) is 5.82 Å². The average Bonchev–Trinajstić information content (AvgIpc) is 3.34. The molecule has 0 N–H and O–H groups in total. The second-order valence-electron chi connectivity index (χ2n) is 5.62. The fraction of sp³-hybridized carbons (Fsp3) is 0.167. The van der Waals surface area contributed by atoms with Gasteiger partial charge in [-0.3, -0.25) is 4.68 Å². The quantitative estimate of drug-likeness (QED) is 0.567. The van der Waals surface area contributed by atoms with Crippen molar-refractivity contribution in [2.75, 3.05) is 0 Å². The monoisotopic (exact) mass is 319 g/mol. The highest BCUT2D eigenvalue weighted by atomic mass is 16.3. The van der Waals surface area contributed by atoms with Crippen molar-refractivity contribution >= 4 is 0 Å². The maximum absolute atomic E-state index is 5.62. The Balaban J connectivity index is 1.55. The Morgan fingerprint density at radius 3 is 2.83 bits per heavy atom. The summed E-state index contributed by atoms with van der Waals surface area (Å²) in [6, 6.07) is 9.86. The van der Waals surface area contributed by atoms with Crippen LogP contribution in [0, 0.1) is 0 Å². The third-order valence-corrected chi connectivity index (χ3v) is 3.87. The third-order valence-electron chi connectivity index (χ3n) is 3.87. The molecule has 6 nitrogen and oxygen atoms in total. The maximum atomic E-state index is 5.62. The molecule has 3 heterocycles. The number of oxazole rings is 1. The standard InChI is InChI=1S/C18H17N5O/c1-22-12-14(11-20-22)7-9-23-10-8-19-17(23)16-13-24-18(21-16)15-5-3-2-4-6-15/h2-6,8,10-13H,7,9H2,1H3. The van der Waals surface area contributed by atoms with E-state index in [1.54, 1.807) is 12.5 Å². The van der Waals surface area contributed by atoms with E-state index in [2.05, 4.69) is 19.6 Å². The van der Waals surface area contributed by atoms with Gasteiger partial charge in [-0.1, -0.05) is 18.2 Å². The van der Waals surface area contributed by atoms with E-state index in [0.29, 0.717) is 5.89 Å². The summed E-state index contributed by atoms with van der Waals surface area (Å²) in [5.41, 5.74) is 2.89. The molecular formula is C18H17N5O. The van der Waals surface area contributed by atoms with E-state index in [9.17, 15) is 0 Å². The molecule has 6 heteroatoms. The molecule has 24 heavy (non-hydrogen) atoms. The van der Waals surface area contributed by atoms with E-state index in [0.717, 1.165) is 30.0 Å². The van der Waals surface area contributed by atoms with Crippen LogP contribution < -0.4 is 0 Å². The molecule has 0 fully saturated rings. The molecule has 120 valence electrons. The van der Waals surface area contributed by atoms with Gasteiger partial charge >= 0.3 is 0 Å².